The fourth-order valence-electron chi connectivity index (χ4n) is 5.81. The molecule has 1 aromatic heterocycles. The summed E-state index contributed by atoms with van der Waals surface area (Å²) in [6, 6.07) is 23.0. The molecule has 1 N–H and O–H groups in total. The Labute approximate surface area is 247 Å². The fraction of sp³-hybridized carbons (Fsp3) is 0.314. The first-order valence-corrected chi connectivity index (χ1v) is 14.6. The van der Waals surface area contributed by atoms with Gasteiger partial charge in [0.25, 0.3) is 0 Å². The van der Waals surface area contributed by atoms with Crippen LogP contribution in [0.5, 0.6) is 0 Å². The summed E-state index contributed by atoms with van der Waals surface area (Å²) in [5.41, 5.74) is 6.22. The van der Waals surface area contributed by atoms with Crippen molar-refractivity contribution in [2.45, 2.75) is 65.5 Å². The molecule has 0 radical (unpaired) electrons. The molecule has 5 rings (SSSR count). The van der Waals surface area contributed by atoms with Gasteiger partial charge in [0.15, 0.2) is 0 Å². The number of anilines is 2. The molecular weight excluding hydrogens is 527 g/mol. The van der Waals surface area contributed by atoms with Crippen LogP contribution in [0.15, 0.2) is 85.1 Å². The van der Waals surface area contributed by atoms with Gasteiger partial charge in [-0.25, -0.2) is 9.18 Å². The van der Waals surface area contributed by atoms with Crippen molar-refractivity contribution in [1.29, 1.82) is 0 Å². The number of urea groups is 1. The Kier molecular flexibility index (Phi) is 8.21. The molecule has 2 heterocycles. The second-order valence-corrected chi connectivity index (χ2v) is 11.8. The van der Waals surface area contributed by atoms with Gasteiger partial charge in [-0.3, -0.25) is 9.69 Å². The number of halogens is 1. The van der Waals surface area contributed by atoms with E-state index in [0.29, 0.717) is 0 Å². The summed E-state index contributed by atoms with van der Waals surface area (Å²) in [4.78, 5) is 31.6. The van der Waals surface area contributed by atoms with Gasteiger partial charge < -0.3 is 14.8 Å². The summed E-state index contributed by atoms with van der Waals surface area (Å²) >= 11 is 0. The van der Waals surface area contributed by atoms with Gasteiger partial charge in [0, 0.05) is 17.9 Å². The van der Waals surface area contributed by atoms with Gasteiger partial charge in [-0.15, -0.1) is 0 Å². The minimum absolute atomic E-state index is 0.128. The largest absolute Gasteiger partial charge is 0.322 e. The first kappa shape index (κ1) is 29.1. The third-order valence-electron chi connectivity index (χ3n) is 7.97. The van der Waals surface area contributed by atoms with Crippen molar-refractivity contribution < 1.29 is 14.0 Å². The number of benzene rings is 3. The number of amides is 3. The SMILES string of the molecule is CC(C)c1cccc(C(C)C)c1NC(=O)N(CC(=O)N1c2ccccc2-n2cccc2C1c1ccc(F)cc1)C(C)C. The van der Waals surface area contributed by atoms with Crippen LogP contribution in [0, 0.1) is 5.82 Å². The number of hydrogen-bond acceptors (Lipinski definition) is 2. The Hall–Kier alpha value is -4.39. The van der Waals surface area contributed by atoms with E-state index in [2.05, 4.69) is 37.6 Å². The molecule has 1 aliphatic heterocycles. The van der Waals surface area contributed by atoms with Gasteiger partial charge in [0.05, 0.1) is 17.1 Å². The molecule has 42 heavy (non-hydrogen) atoms. The topological polar surface area (TPSA) is 57.6 Å². The van der Waals surface area contributed by atoms with E-state index in [1.54, 1.807) is 21.9 Å². The van der Waals surface area contributed by atoms with Gasteiger partial charge in [-0.05, 0) is 78.8 Å². The molecule has 6 nitrogen and oxygen atoms in total. The summed E-state index contributed by atoms with van der Waals surface area (Å²) in [7, 11) is 0. The number of carbonyl (C=O) groups is 2. The zero-order valence-corrected chi connectivity index (χ0v) is 25.1. The lowest BCUT2D eigenvalue weighted by molar-refractivity contribution is -0.119. The van der Waals surface area contributed by atoms with Crippen molar-refractivity contribution in [3.05, 3.63) is 113 Å². The van der Waals surface area contributed by atoms with Crippen LogP contribution >= 0.6 is 0 Å². The average Bonchev–Trinajstić information content (AvgIpc) is 3.45. The Balaban J connectivity index is 1.52. The van der Waals surface area contributed by atoms with Crippen LogP contribution in [0.4, 0.5) is 20.6 Å². The number of carbonyl (C=O) groups excluding carboxylic acids is 2. The maximum Gasteiger partial charge on any atom is 0.322 e. The number of hydrogen-bond donors (Lipinski definition) is 1. The Morgan fingerprint density at radius 3 is 2.02 bits per heavy atom. The standard InChI is InChI=1S/C35H39FN4O2/c1-22(2)27-11-9-12-28(23(3)4)33(27)37-35(42)39(24(5)6)21-32(41)40-30-14-8-7-13-29(30)38-20-10-15-31(38)34(40)25-16-18-26(36)19-17-25/h7-20,22-24,34H,21H2,1-6H3,(H,37,42). The van der Waals surface area contributed by atoms with E-state index in [1.165, 1.54) is 12.1 Å². The van der Waals surface area contributed by atoms with Gasteiger partial charge in [-0.2, -0.15) is 0 Å². The van der Waals surface area contributed by atoms with Gasteiger partial charge in [0.1, 0.15) is 18.4 Å². The van der Waals surface area contributed by atoms with Crippen molar-refractivity contribution in [2.75, 3.05) is 16.8 Å². The number of para-hydroxylation sites is 3. The maximum absolute atomic E-state index is 14.4. The highest BCUT2D eigenvalue weighted by Gasteiger charge is 2.37. The highest BCUT2D eigenvalue weighted by molar-refractivity contribution is 6.02. The van der Waals surface area contributed by atoms with E-state index in [0.717, 1.165) is 39.4 Å². The lowest BCUT2D eigenvalue weighted by Gasteiger charge is -2.40. The van der Waals surface area contributed by atoms with Crippen LogP contribution in [-0.2, 0) is 4.79 Å². The molecule has 4 aromatic rings. The number of rotatable bonds is 7. The molecule has 1 aliphatic rings. The van der Waals surface area contributed by atoms with E-state index in [9.17, 15) is 14.0 Å². The quantitative estimate of drug-likeness (QED) is 0.245. The predicted octanol–water partition coefficient (Wildman–Crippen LogP) is 8.24. The lowest BCUT2D eigenvalue weighted by atomic mass is 9.93. The smallest absolute Gasteiger partial charge is 0.316 e. The van der Waals surface area contributed by atoms with E-state index in [1.807, 2.05) is 74.6 Å². The van der Waals surface area contributed by atoms with E-state index < -0.39 is 6.04 Å². The third-order valence-corrected chi connectivity index (χ3v) is 7.97. The van der Waals surface area contributed by atoms with Crippen LogP contribution in [-0.4, -0.2) is 34.0 Å². The number of nitrogens with one attached hydrogen (secondary N) is 1. The number of nitrogens with zero attached hydrogens (tertiary/aromatic N) is 3. The predicted molar refractivity (Wildman–Crippen MR) is 167 cm³/mol. The summed E-state index contributed by atoms with van der Waals surface area (Å²) in [6.07, 6.45) is 1.97. The molecular formula is C35H39FN4O2. The lowest BCUT2D eigenvalue weighted by Crippen LogP contribution is -2.49. The van der Waals surface area contributed by atoms with E-state index in [4.69, 9.17) is 0 Å². The maximum atomic E-state index is 14.4. The zero-order chi connectivity index (χ0) is 30.1. The molecule has 0 fully saturated rings. The Bertz CT molecular complexity index is 1560. The molecule has 1 atom stereocenters. The second-order valence-electron chi connectivity index (χ2n) is 11.8. The van der Waals surface area contributed by atoms with E-state index in [-0.39, 0.29) is 42.2 Å². The summed E-state index contributed by atoms with van der Waals surface area (Å²) < 4.78 is 16.0. The zero-order valence-electron chi connectivity index (χ0n) is 25.1. The molecule has 1 unspecified atom stereocenters. The molecule has 0 saturated carbocycles. The van der Waals surface area contributed by atoms with Crippen molar-refractivity contribution in [3.8, 4) is 5.69 Å². The monoisotopic (exact) mass is 566 g/mol. The van der Waals surface area contributed by atoms with Gasteiger partial charge in [0.2, 0.25) is 5.91 Å². The number of aromatic nitrogens is 1. The normalized spacial score (nSPS) is 14.2. The first-order chi connectivity index (χ1) is 20.1. The van der Waals surface area contributed by atoms with Crippen molar-refractivity contribution in [1.82, 2.24) is 9.47 Å². The molecule has 0 spiro atoms. The van der Waals surface area contributed by atoms with Crippen molar-refractivity contribution >= 4 is 23.3 Å². The molecule has 3 amide bonds. The van der Waals surface area contributed by atoms with Crippen LogP contribution in [0.1, 0.15) is 81.8 Å². The molecule has 0 aliphatic carbocycles. The highest BCUT2D eigenvalue weighted by atomic mass is 19.1. The highest BCUT2D eigenvalue weighted by Crippen LogP contribution is 2.42. The van der Waals surface area contributed by atoms with Crippen LogP contribution < -0.4 is 10.2 Å². The third kappa shape index (κ3) is 5.43. The fourth-order valence-corrected chi connectivity index (χ4v) is 5.81. The number of fused-ring (bicyclic) bond motifs is 3. The van der Waals surface area contributed by atoms with Crippen molar-refractivity contribution in [2.24, 2.45) is 0 Å². The first-order valence-electron chi connectivity index (χ1n) is 14.6. The summed E-state index contributed by atoms with van der Waals surface area (Å²) in [6.45, 7) is 12.1. The van der Waals surface area contributed by atoms with Crippen LogP contribution in [0.3, 0.4) is 0 Å². The van der Waals surface area contributed by atoms with E-state index >= 15 is 0 Å². The molecule has 0 saturated heterocycles. The van der Waals surface area contributed by atoms with Gasteiger partial charge >= 0.3 is 6.03 Å². The molecule has 3 aromatic carbocycles. The summed E-state index contributed by atoms with van der Waals surface area (Å²) in [5, 5.41) is 3.18. The summed E-state index contributed by atoms with van der Waals surface area (Å²) in [5.74, 6) is -0.140. The molecule has 7 heteroatoms. The van der Waals surface area contributed by atoms with Crippen molar-refractivity contribution in [3.63, 3.8) is 0 Å². The Morgan fingerprint density at radius 1 is 0.810 bits per heavy atom. The van der Waals surface area contributed by atoms with Gasteiger partial charge in [-0.1, -0.05) is 70.2 Å². The minimum Gasteiger partial charge on any atom is -0.316 e. The van der Waals surface area contributed by atoms with Crippen LogP contribution in [0.25, 0.3) is 5.69 Å². The Morgan fingerprint density at radius 2 is 1.43 bits per heavy atom. The average molecular weight is 567 g/mol. The molecule has 0 bridgehead atoms. The second kappa shape index (κ2) is 11.8. The van der Waals surface area contributed by atoms with Crippen LogP contribution in [0.2, 0.25) is 0 Å². The molecule has 218 valence electrons. The minimum atomic E-state index is -0.491.